The summed E-state index contributed by atoms with van der Waals surface area (Å²) in [4.78, 5) is 30.0. The van der Waals surface area contributed by atoms with E-state index in [1.807, 2.05) is 36.5 Å². The van der Waals surface area contributed by atoms with Gasteiger partial charge in [0.25, 0.3) is 5.91 Å². The number of fused-ring (bicyclic) bond motifs is 2. The van der Waals surface area contributed by atoms with Crippen molar-refractivity contribution in [2.45, 2.75) is 32.2 Å². The third-order valence-electron chi connectivity index (χ3n) is 5.07. The fourth-order valence-corrected chi connectivity index (χ4v) is 4.66. The van der Waals surface area contributed by atoms with Gasteiger partial charge in [-0.2, -0.15) is 0 Å². The monoisotopic (exact) mass is 389 g/mol. The van der Waals surface area contributed by atoms with Crippen molar-refractivity contribution < 1.29 is 4.79 Å². The van der Waals surface area contributed by atoms with Gasteiger partial charge in [-0.1, -0.05) is 24.3 Å². The Morgan fingerprint density at radius 2 is 1.96 bits per heavy atom. The minimum Gasteiger partial charge on any atom is -0.346 e. The molecule has 1 aromatic carbocycles. The number of nitrogens with one attached hydrogen (secondary N) is 2. The number of aromatic nitrogens is 4. The van der Waals surface area contributed by atoms with Gasteiger partial charge < -0.3 is 10.3 Å². The molecule has 4 aromatic rings. The second kappa shape index (κ2) is 7.16. The van der Waals surface area contributed by atoms with E-state index in [2.05, 4.69) is 25.3 Å². The van der Waals surface area contributed by atoms with E-state index in [0.29, 0.717) is 11.6 Å². The molecule has 5 rings (SSSR count). The van der Waals surface area contributed by atoms with Gasteiger partial charge in [-0.25, -0.2) is 15.0 Å². The van der Waals surface area contributed by atoms with Crippen molar-refractivity contribution in [1.29, 1.82) is 0 Å². The maximum absolute atomic E-state index is 12.5. The van der Waals surface area contributed by atoms with Crippen LogP contribution in [0.3, 0.4) is 0 Å². The molecule has 28 heavy (non-hydrogen) atoms. The maximum atomic E-state index is 12.5. The summed E-state index contributed by atoms with van der Waals surface area (Å²) in [6.07, 6.45) is 7.85. The molecule has 7 heteroatoms. The second-order valence-electron chi connectivity index (χ2n) is 6.94. The second-order valence-corrected chi connectivity index (χ2v) is 8.02. The minimum absolute atomic E-state index is 0.0895. The van der Waals surface area contributed by atoms with E-state index < -0.39 is 0 Å². The number of amides is 1. The number of H-pyrrole nitrogens is 1. The molecule has 0 unspecified atom stereocenters. The molecule has 0 bridgehead atoms. The molecule has 3 heterocycles. The molecule has 0 aliphatic heterocycles. The number of aromatic amines is 1. The van der Waals surface area contributed by atoms with Crippen molar-refractivity contribution in [3.05, 3.63) is 64.0 Å². The molecule has 2 N–H and O–H groups in total. The standard InChI is InChI=1S/C21H19N5OS/c27-20(21-26-16-3-1-2-4-17(16)28-21)23-11-13-5-7-14(8-6-13)18-15-9-10-22-19(15)25-12-24-18/h5-10,12H,1-4,11H2,(H,23,27)(H,22,24,25). The molecule has 1 aliphatic carbocycles. The van der Waals surface area contributed by atoms with Gasteiger partial charge >= 0.3 is 0 Å². The van der Waals surface area contributed by atoms with E-state index in [0.717, 1.165) is 46.4 Å². The van der Waals surface area contributed by atoms with Crippen LogP contribution >= 0.6 is 11.3 Å². The number of nitrogens with zero attached hydrogens (tertiary/aromatic N) is 3. The van der Waals surface area contributed by atoms with E-state index in [9.17, 15) is 4.79 Å². The highest BCUT2D eigenvalue weighted by Crippen LogP contribution is 2.27. The van der Waals surface area contributed by atoms with Crippen molar-refractivity contribution in [3.63, 3.8) is 0 Å². The maximum Gasteiger partial charge on any atom is 0.280 e. The Kier molecular flexibility index (Phi) is 4.37. The largest absolute Gasteiger partial charge is 0.346 e. The van der Waals surface area contributed by atoms with Crippen LogP contribution in [0.15, 0.2) is 42.9 Å². The van der Waals surface area contributed by atoms with Gasteiger partial charge in [-0.3, -0.25) is 4.79 Å². The number of hydrogen-bond acceptors (Lipinski definition) is 5. The number of aryl methyl sites for hydroxylation is 2. The lowest BCUT2D eigenvalue weighted by Gasteiger charge is -2.06. The van der Waals surface area contributed by atoms with Crippen LogP contribution in [0.2, 0.25) is 0 Å². The Morgan fingerprint density at radius 3 is 2.82 bits per heavy atom. The Balaban J connectivity index is 1.28. The molecule has 0 fully saturated rings. The highest BCUT2D eigenvalue weighted by Gasteiger charge is 2.18. The molecule has 1 amide bonds. The normalized spacial score (nSPS) is 13.4. The Labute approximate surface area is 166 Å². The summed E-state index contributed by atoms with van der Waals surface area (Å²) in [7, 11) is 0. The molecule has 1 aliphatic rings. The lowest BCUT2D eigenvalue weighted by Crippen LogP contribution is -2.22. The van der Waals surface area contributed by atoms with Gasteiger partial charge in [-0.15, -0.1) is 11.3 Å². The van der Waals surface area contributed by atoms with Crippen LogP contribution < -0.4 is 5.32 Å². The van der Waals surface area contributed by atoms with Crippen molar-refractivity contribution in [2.75, 3.05) is 0 Å². The fraction of sp³-hybridized carbons (Fsp3) is 0.238. The molecule has 140 valence electrons. The summed E-state index contributed by atoms with van der Waals surface area (Å²) >= 11 is 1.54. The van der Waals surface area contributed by atoms with Gasteiger partial charge in [0.15, 0.2) is 5.01 Å². The third-order valence-corrected chi connectivity index (χ3v) is 6.23. The van der Waals surface area contributed by atoms with Gasteiger partial charge in [0.05, 0.1) is 11.4 Å². The highest BCUT2D eigenvalue weighted by molar-refractivity contribution is 7.13. The molecule has 0 radical (unpaired) electrons. The number of rotatable bonds is 4. The molecule has 0 atom stereocenters. The summed E-state index contributed by atoms with van der Waals surface area (Å²) in [5, 5.41) is 4.57. The summed E-state index contributed by atoms with van der Waals surface area (Å²) in [5.74, 6) is -0.0895. The smallest absolute Gasteiger partial charge is 0.280 e. The van der Waals surface area contributed by atoms with Crippen LogP contribution in [0.4, 0.5) is 0 Å². The molecular formula is C21H19N5OS. The van der Waals surface area contributed by atoms with Crippen LogP contribution in [0.5, 0.6) is 0 Å². The number of benzene rings is 1. The molecule has 6 nitrogen and oxygen atoms in total. The molecule has 0 spiro atoms. The van der Waals surface area contributed by atoms with Gasteiger partial charge in [0.2, 0.25) is 0 Å². The average molecular weight is 389 g/mol. The summed E-state index contributed by atoms with van der Waals surface area (Å²) < 4.78 is 0. The van der Waals surface area contributed by atoms with Crippen LogP contribution in [-0.4, -0.2) is 25.8 Å². The van der Waals surface area contributed by atoms with Crippen LogP contribution in [0.1, 0.15) is 38.8 Å². The predicted molar refractivity (Wildman–Crippen MR) is 109 cm³/mol. The van der Waals surface area contributed by atoms with E-state index in [-0.39, 0.29) is 5.91 Å². The van der Waals surface area contributed by atoms with Crippen LogP contribution in [-0.2, 0) is 19.4 Å². The lowest BCUT2D eigenvalue weighted by molar-refractivity contribution is 0.0950. The number of carbonyl (C=O) groups is 1. The molecule has 0 saturated heterocycles. The zero-order valence-electron chi connectivity index (χ0n) is 15.2. The predicted octanol–water partition coefficient (Wildman–Crippen LogP) is 3.89. The first kappa shape index (κ1) is 17.1. The van der Waals surface area contributed by atoms with Gasteiger partial charge in [-0.05, 0) is 37.3 Å². The molecular weight excluding hydrogens is 370 g/mol. The SMILES string of the molecule is O=C(NCc1ccc(-c2ncnc3[nH]ccc23)cc1)c1nc2c(s1)CCCC2. The van der Waals surface area contributed by atoms with E-state index in [1.54, 1.807) is 6.33 Å². The first-order valence-electron chi connectivity index (χ1n) is 9.42. The van der Waals surface area contributed by atoms with Gasteiger partial charge in [0, 0.05) is 28.6 Å². The van der Waals surface area contributed by atoms with Crippen LogP contribution in [0, 0.1) is 0 Å². The number of carbonyl (C=O) groups excluding carboxylic acids is 1. The minimum atomic E-state index is -0.0895. The molecule has 0 saturated carbocycles. The van der Waals surface area contributed by atoms with Gasteiger partial charge in [0.1, 0.15) is 12.0 Å². The summed E-state index contributed by atoms with van der Waals surface area (Å²) in [6.45, 7) is 0.479. The van der Waals surface area contributed by atoms with Crippen molar-refractivity contribution in [2.24, 2.45) is 0 Å². The van der Waals surface area contributed by atoms with E-state index >= 15 is 0 Å². The topological polar surface area (TPSA) is 83.6 Å². The quantitative estimate of drug-likeness (QED) is 0.555. The summed E-state index contributed by atoms with van der Waals surface area (Å²) in [6, 6.07) is 10.1. The Bertz CT molecular complexity index is 1120. The lowest BCUT2D eigenvalue weighted by atomic mass is 10.0. The average Bonchev–Trinajstić information content (AvgIpc) is 3.39. The number of thiazole rings is 1. The Hall–Kier alpha value is -3.06. The zero-order valence-corrected chi connectivity index (χ0v) is 16.1. The van der Waals surface area contributed by atoms with Crippen molar-refractivity contribution in [1.82, 2.24) is 25.3 Å². The van der Waals surface area contributed by atoms with E-state index in [4.69, 9.17) is 0 Å². The third kappa shape index (κ3) is 3.18. The van der Waals surface area contributed by atoms with E-state index in [1.165, 1.54) is 29.1 Å². The Morgan fingerprint density at radius 1 is 1.11 bits per heavy atom. The first-order chi connectivity index (χ1) is 13.8. The fourth-order valence-electron chi connectivity index (χ4n) is 3.59. The highest BCUT2D eigenvalue weighted by atomic mass is 32.1. The van der Waals surface area contributed by atoms with Crippen molar-refractivity contribution in [3.8, 4) is 11.3 Å². The van der Waals surface area contributed by atoms with Crippen LogP contribution in [0.25, 0.3) is 22.3 Å². The molecule has 3 aromatic heterocycles. The number of hydrogen-bond donors (Lipinski definition) is 2. The zero-order chi connectivity index (χ0) is 18.9. The first-order valence-corrected chi connectivity index (χ1v) is 10.2. The summed E-state index contributed by atoms with van der Waals surface area (Å²) in [5.41, 5.74) is 4.90. The van der Waals surface area contributed by atoms with Crippen molar-refractivity contribution >= 4 is 28.3 Å².